The maximum Gasteiger partial charge on any atom is 0.305 e. The van der Waals surface area contributed by atoms with Gasteiger partial charge in [-0.1, -0.05) is 51.9 Å². The van der Waals surface area contributed by atoms with Crippen molar-refractivity contribution < 1.29 is 14.6 Å². The zero-order chi connectivity index (χ0) is 13.2. The van der Waals surface area contributed by atoms with E-state index in [4.69, 9.17) is 9.84 Å². The number of hydrogen-bond acceptors (Lipinski definition) is 2. The minimum absolute atomic E-state index is 0.0672. The van der Waals surface area contributed by atoms with E-state index in [0.29, 0.717) is 6.10 Å². The number of ether oxygens (including phenoxy) is 1. The lowest BCUT2D eigenvalue weighted by Crippen LogP contribution is -2.26. The molecule has 0 radical (unpaired) electrons. The monoisotopic (exact) mass is 256 g/mol. The average Bonchev–Trinajstić information content (AvgIpc) is 2.35. The van der Waals surface area contributed by atoms with Gasteiger partial charge >= 0.3 is 5.97 Å². The van der Waals surface area contributed by atoms with E-state index in [-0.39, 0.29) is 12.5 Å². The summed E-state index contributed by atoms with van der Waals surface area (Å²) in [5, 5.41) is 8.94. The third-order valence-electron chi connectivity index (χ3n) is 3.72. The summed E-state index contributed by atoms with van der Waals surface area (Å²) in [5.74, 6) is -0.730. The Labute approximate surface area is 111 Å². The maximum atomic E-state index is 10.9. The zero-order valence-corrected chi connectivity index (χ0v) is 11.7. The van der Waals surface area contributed by atoms with Crippen molar-refractivity contribution in [2.75, 3.05) is 0 Å². The molecule has 0 heterocycles. The van der Waals surface area contributed by atoms with Crippen LogP contribution in [0.15, 0.2) is 0 Å². The first kappa shape index (κ1) is 15.5. The Morgan fingerprint density at radius 2 is 1.94 bits per heavy atom. The number of rotatable bonds is 9. The van der Waals surface area contributed by atoms with E-state index in [2.05, 4.69) is 6.92 Å². The topological polar surface area (TPSA) is 46.5 Å². The number of aliphatic carboxylic acids is 1. The first-order valence-corrected chi connectivity index (χ1v) is 7.59. The number of carboxylic acids is 1. The Bertz CT molecular complexity index is 222. The van der Waals surface area contributed by atoms with Gasteiger partial charge in [-0.15, -0.1) is 0 Å². The van der Waals surface area contributed by atoms with Crippen LogP contribution < -0.4 is 0 Å². The third kappa shape index (κ3) is 7.00. The van der Waals surface area contributed by atoms with Gasteiger partial charge in [0.15, 0.2) is 0 Å². The Morgan fingerprint density at radius 1 is 1.22 bits per heavy atom. The molecule has 3 heteroatoms. The zero-order valence-electron chi connectivity index (χ0n) is 11.7. The van der Waals surface area contributed by atoms with E-state index in [9.17, 15) is 4.79 Å². The summed E-state index contributed by atoms with van der Waals surface area (Å²) in [4.78, 5) is 10.9. The minimum atomic E-state index is -0.730. The van der Waals surface area contributed by atoms with Gasteiger partial charge in [-0.25, -0.2) is 0 Å². The molecule has 3 nitrogen and oxygen atoms in total. The molecule has 1 saturated carbocycles. The van der Waals surface area contributed by atoms with Crippen LogP contribution in [0.25, 0.3) is 0 Å². The van der Waals surface area contributed by atoms with Crippen LogP contribution in [-0.2, 0) is 9.53 Å². The molecule has 0 aromatic carbocycles. The lowest BCUT2D eigenvalue weighted by molar-refractivity contribution is -0.142. The fourth-order valence-corrected chi connectivity index (χ4v) is 2.69. The van der Waals surface area contributed by atoms with Gasteiger partial charge in [0.2, 0.25) is 0 Å². The Balaban J connectivity index is 2.26. The maximum absolute atomic E-state index is 10.9. The van der Waals surface area contributed by atoms with Crippen LogP contribution in [0.1, 0.15) is 77.6 Å². The van der Waals surface area contributed by atoms with Crippen LogP contribution in [0.3, 0.4) is 0 Å². The van der Waals surface area contributed by atoms with E-state index in [1.807, 2.05) is 0 Å². The molecule has 106 valence electrons. The van der Waals surface area contributed by atoms with E-state index in [1.165, 1.54) is 38.5 Å². The molecule has 0 saturated heterocycles. The SMILES string of the molecule is CCCCCCC(CC(=O)O)OC1CCCCC1. The van der Waals surface area contributed by atoms with Crippen molar-refractivity contribution in [2.45, 2.75) is 89.8 Å². The van der Waals surface area contributed by atoms with Crippen molar-refractivity contribution in [3.63, 3.8) is 0 Å². The van der Waals surface area contributed by atoms with Crippen LogP contribution in [0.2, 0.25) is 0 Å². The van der Waals surface area contributed by atoms with Crippen molar-refractivity contribution in [3.05, 3.63) is 0 Å². The predicted octanol–water partition coefficient (Wildman–Crippen LogP) is 4.15. The first-order chi connectivity index (χ1) is 8.72. The van der Waals surface area contributed by atoms with E-state index in [0.717, 1.165) is 25.7 Å². The van der Waals surface area contributed by atoms with Crippen molar-refractivity contribution in [3.8, 4) is 0 Å². The summed E-state index contributed by atoms with van der Waals surface area (Å²) in [6.45, 7) is 2.19. The molecule has 1 unspecified atom stereocenters. The third-order valence-corrected chi connectivity index (χ3v) is 3.72. The normalized spacial score (nSPS) is 18.7. The largest absolute Gasteiger partial charge is 0.481 e. The van der Waals surface area contributed by atoms with Crippen LogP contribution in [0, 0.1) is 0 Å². The highest BCUT2D eigenvalue weighted by molar-refractivity contribution is 5.67. The molecule has 0 spiro atoms. The quantitative estimate of drug-likeness (QED) is 0.630. The summed E-state index contributed by atoms with van der Waals surface area (Å²) in [5.41, 5.74) is 0. The number of carboxylic acid groups (broad SMARTS) is 1. The van der Waals surface area contributed by atoms with Gasteiger partial charge in [0.05, 0.1) is 18.6 Å². The van der Waals surface area contributed by atoms with Gasteiger partial charge in [-0.2, -0.15) is 0 Å². The number of unbranched alkanes of at least 4 members (excludes halogenated alkanes) is 3. The van der Waals surface area contributed by atoms with Crippen LogP contribution in [-0.4, -0.2) is 23.3 Å². The van der Waals surface area contributed by atoms with Gasteiger partial charge in [0.25, 0.3) is 0 Å². The second-order valence-electron chi connectivity index (χ2n) is 5.47. The summed E-state index contributed by atoms with van der Waals surface area (Å²) >= 11 is 0. The smallest absolute Gasteiger partial charge is 0.305 e. The van der Waals surface area contributed by atoms with Crippen molar-refractivity contribution >= 4 is 5.97 Å². The molecule has 0 aliphatic heterocycles. The molecule has 1 fully saturated rings. The minimum Gasteiger partial charge on any atom is -0.481 e. The van der Waals surface area contributed by atoms with Crippen LogP contribution >= 0.6 is 0 Å². The van der Waals surface area contributed by atoms with Gasteiger partial charge < -0.3 is 9.84 Å². The lowest BCUT2D eigenvalue weighted by atomic mass is 9.97. The van der Waals surface area contributed by atoms with E-state index < -0.39 is 5.97 Å². The highest BCUT2D eigenvalue weighted by Crippen LogP contribution is 2.24. The van der Waals surface area contributed by atoms with Gasteiger partial charge in [0, 0.05) is 0 Å². The summed E-state index contributed by atoms with van der Waals surface area (Å²) in [6.07, 6.45) is 12.1. The lowest BCUT2D eigenvalue weighted by Gasteiger charge is -2.27. The Kier molecular flexibility index (Phi) is 8.06. The second-order valence-corrected chi connectivity index (χ2v) is 5.47. The molecular formula is C15H28O3. The first-order valence-electron chi connectivity index (χ1n) is 7.59. The number of hydrogen-bond donors (Lipinski definition) is 1. The van der Waals surface area contributed by atoms with Gasteiger partial charge in [-0.3, -0.25) is 4.79 Å². The van der Waals surface area contributed by atoms with Crippen molar-refractivity contribution in [2.24, 2.45) is 0 Å². The van der Waals surface area contributed by atoms with E-state index in [1.54, 1.807) is 0 Å². The average molecular weight is 256 g/mol. The Morgan fingerprint density at radius 3 is 2.56 bits per heavy atom. The molecule has 1 aliphatic rings. The van der Waals surface area contributed by atoms with Crippen molar-refractivity contribution in [1.82, 2.24) is 0 Å². The molecule has 0 amide bonds. The summed E-state index contributed by atoms with van der Waals surface area (Å²) in [6, 6.07) is 0. The molecule has 1 rings (SSSR count). The van der Waals surface area contributed by atoms with Gasteiger partial charge in [0.1, 0.15) is 0 Å². The fourth-order valence-electron chi connectivity index (χ4n) is 2.69. The van der Waals surface area contributed by atoms with E-state index >= 15 is 0 Å². The van der Waals surface area contributed by atoms with Crippen LogP contribution in [0.4, 0.5) is 0 Å². The molecular weight excluding hydrogens is 228 g/mol. The molecule has 0 aromatic rings. The molecule has 18 heavy (non-hydrogen) atoms. The molecule has 1 aliphatic carbocycles. The van der Waals surface area contributed by atoms with Crippen molar-refractivity contribution in [1.29, 1.82) is 0 Å². The molecule has 1 atom stereocenters. The highest BCUT2D eigenvalue weighted by atomic mass is 16.5. The highest BCUT2D eigenvalue weighted by Gasteiger charge is 2.20. The molecule has 0 bridgehead atoms. The molecule has 0 aromatic heterocycles. The fraction of sp³-hybridized carbons (Fsp3) is 0.933. The van der Waals surface area contributed by atoms with Crippen LogP contribution in [0.5, 0.6) is 0 Å². The second kappa shape index (κ2) is 9.37. The molecule has 1 N–H and O–H groups in total. The predicted molar refractivity (Wildman–Crippen MR) is 72.8 cm³/mol. The standard InChI is InChI=1S/C15H28O3/c1-2-3-4-6-11-14(12-15(16)17)18-13-9-7-5-8-10-13/h13-14H,2-12H2,1H3,(H,16,17). The summed E-state index contributed by atoms with van der Waals surface area (Å²) in [7, 11) is 0. The van der Waals surface area contributed by atoms with Gasteiger partial charge in [-0.05, 0) is 19.3 Å². The Hall–Kier alpha value is -0.570. The summed E-state index contributed by atoms with van der Waals surface area (Å²) < 4.78 is 6.00. The number of carbonyl (C=O) groups is 1.